The molecule has 0 radical (unpaired) electrons. The number of benzene rings is 2. The number of aromatic nitrogens is 2. The number of nitrogens with zero attached hydrogens (tertiary/aromatic N) is 5. The minimum atomic E-state index is -0.494. The van der Waals surface area contributed by atoms with Gasteiger partial charge in [0.1, 0.15) is 0 Å². The first kappa shape index (κ1) is 23.0. The Kier molecular flexibility index (Phi) is 7.11. The Morgan fingerprint density at radius 1 is 1.21 bits per heavy atom. The van der Waals surface area contributed by atoms with Crippen LogP contribution in [0.1, 0.15) is 0 Å². The molecule has 3 aromatic rings. The molecule has 1 aliphatic rings. The zero-order valence-electron chi connectivity index (χ0n) is 17.7. The van der Waals surface area contributed by atoms with Crippen LogP contribution in [0.4, 0.5) is 17.1 Å². The molecule has 1 fully saturated rings. The summed E-state index contributed by atoms with van der Waals surface area (Å²) in [4.78, 5) is 27.6. The van der Waals surface area contributed by atoms with E-state index in [0.717, 1.165) is 43.6 Å². The number of piperazine rings is 1. The third kappa shape index (κ3) is 5.81. The number of hydrogen-bond donors (Lipinski definition) is 1. The summed E-state index contributed by atoms with van der Waals surface area (Å²) < 4.78 is 5.56. The van der Waals surface area contributed by atoms with E-state index < -0.39 is 4.92 Å². The Labute approximate surface area is 199 Å². The van der Waals surface area contributed by atoms with Gasteiger partial charge in [-0.1, -0.05) is 29.4 Å². The average Bonchev–Trinajstić information content (AvgIpc) is 3.28. The highest BCUT2D eigenvalue weighted by molar-refractivity contribution is 7.99. The number of carbonyl (C=O) groups is 1. The van der Waals surface area contributed by atoms with Gasteiger partial charge in [-0.05, 0) is 31.3 Å². The van der Waals surface area contributed by atoms with E-state index in [2.05, 4.69) is 32.4 Å². The van der Waals surface area contributed by atoms with Crippen molar-refractivity contribution < 1.29 is 14.1 Å². The molecular formula is C21H21ClN6O4S. The second-order valence-corrected chi connectivity index (χ2v) is 8.83. The predicted molar refractivity (Wildman–Crippen MR) is 127 cm³/mol. The summed E-state index contributed by atoms with van der Waals surface area (Å²) in [6.45, 7) is 3.60. The van der Waals surface area contributed by atoms with Crippen molar-refractivity contribution in [3.8, 4) is 11.5 Å². The van der Waals surface area contributed by atoms with Gasteiger partial charge in [0.2, 0.25) is 11.8 Å². The van der Waals surface area contributed by atoms with Crippen LogP contribution in [0, 0.1) is 10.1 Å². The van der Waals surface area contributed by atoms with Crippen LogP contribution in [-0.2, 0) is 4.79 Å². The molecule has 2 aromatic carbocycles. The van der Waals surface area contributed by atoms with Crippen LogP contribution in [0.3, 0.4) is 0 Å². The zero-order chi connectivity index (χ0) is 23.4. The van der Waals surface area contributed by atoms with E-state index in [1.165, 1.54) is 12.1 Å². The highest BCUT2D eigenvalue weighted by atomic mass is 35.5. The number of nitro benzene ring substituents is 1. The molecule has 172 valence electrons. The third-order valence-electron chi connectivity index (χ3n) is 5.11. The topological polar surface area (TPSA) is 118 Å². The van der Waals surface area contributed by atoms with Crippen molar-refractivity contribution in [1.82, 2.24) is 15.1 Å². The van der Waals surface area contributed by atoms with E-state index in [4.69, 9.17) is 16.0 Å². The lowest BCUT2D eigenvalue weighted by molar-refractivity contribution is -0.384. The summed E-state index contributed by atoms with van der Waals surface area (Å²) in [5.74, 6) is -0.0489. The molecule has 1 aliphatic heterocycles. The maximum absolute atomic E-state index is 12.6. The Morgan fingerprint density at radius 3 is 2.76 bits per heavy atom. The van der Waals surface area contributed by atoms with E-state index >= 15 is 0 Å². The SMILES string of the molecule is CN1CCN(c2ccc(Cl)cc2NC(=O)CSc2nnc(-c3cccc([N+](=O)[O-])c3)o2)CC1. The number of anilines is 2. The zero-order valence-corrected chi connectivity index (χ0v) is 19.3. The van der Waals surface area contributed by atoms with Gasteiger partial charge in [-0.15, -0.1) is 10.2 Å². The minimum Gasteiger partial charge on any atom is -0.411 e. The summed E-state index contributed by atoms with van der Waals surface area (Å²) in [7, 11) is 2.08. The summed E-state index contributed by atoms with van der Waals surface area (Å²) in [6, 6.07) is 11.4. The van der Waals surface area contributed by atoms with Gasteiger partial charge in [0, 0.05) is 48.9 Å². The smallest absolute Gasteiger partial charge is 0.277 e. The predicted octanol–water partition coefficient (Wildman–Crippen LogP) is 3.78. The molecule has 12 heteroatoms. The molecule has 0 spiro atoms. The molecule has 0 atom stereocenters. The highest BCUT2D eigenvalue weighted by Gasteiger charge is 2.19. The number of hydrogen-bond acceptors (Lipinski definition) is 9. The first-order valence-electron chi connectivity index (χ1n) is 10.1. The molecule has 0 bridgehead atoms. The first-order chi connectivity index (χ1) is 15.9. The van der Waals surface area contributed by atoms with Crippen LogP contribution < -0.4 is 10.2 Å². The maximum atomic E-state index is 12.6. The molecule has 0 aliphatic carbocycles. The van der Waals surface area contributed by atoms with E-state index in [9.17, 15) is 14.9 Å². The normalized spacial score (nSPS) is 14.3. The fraction of sp³-hybridized carbons (Fsp3) is 0.286. The Bertz CT molecular complexity index is 1170. The van der Waals surface area contributed by atoms with Crippen molar-refractivity contribution in [3.05, 3.63) is 57.6 Å². The molecule has 0 unspecified atom stereocenters. The van der Waals surface area contributed by atoms with Gasteiger partial charge in [-0.3, -0.25) is 14.9 Å². The van der Waals surface area contributed by atoms with Gasteiger partial charge in [-0.25, -0.2) is 0 Å². The summed E-state index contributed by atoms with van der Waals surface area (Å²) >= 11 is 7.25. The first-order valence-corrected chi connectivity index (χ1v) is 11.5. The molecule has 33 heavy (non-hydrogen) atoms. The summed E-state index contributed by atoms with van der Waals surface area (Å²) in [6.07, 6.45) is 0. The lowest BCUT2D eigenvalue weighted by Gasteiger charge is -2.35. The number of amides is 1. The number of carbonyl (C=O) groups excluding carboxylic acids is 1. The van der Waals surface area contributed by atoms with E-state index in [1.807, 2.05) is 12.1 Å². The van der Waals surface area contributed by atoms with Crippen LogP contribution in [0.5, 0.6) is 0 Å². The third-order valence-corrected chi connectivity index (χ3v) is 6.17. The number of nitrogens with one attached hydrogen (secondary N) is 1. The Balaban J connectivity index is 1.39. The van der Waals surface area contributed by atoms with Gasteiger partial charge in [0.25, 0.3) is 10.9 Å². The lowest BCUT2D eigenvalue weighted by atomic mass is 10.2. The van der Waals surface area contributed by atoms with E-state index in [-0.39, 0.29) is 28.5 Å². The standard InChI is InChI=1S/C21H21ClN6O4S/c1-26-7-9-27(10-8-26)18-6-5-15(22)12-17(18)23-19(29)13-33-21-25-24-20(32-21)14-3-2-4-16(11-14)28(30)31/h2-6,11-12H,7-10,13H2,1H3,(H,23,29). The summed E-state index contributed by atoms with van der Waals surface area (Å²) in [5, 5.41) is 22.4. The van der Waals surface area contributed by atoms with Gasteiger partial charge in [0.15, 0.2) is 0 Å². The Hall–Kier alpha value is -3.15. The number of halogens is 1. The molecular weight excluding hydrogens is 468 g/mol. The highest BCUT2D eigenvalue weighted by Crippen LogP contribution is 2.31. The molecule has 4 rings (SSSR count). The average molecular weight is 489 g/mol. The number of nitro groups is 1. The Morgan fingerprint density at radius 2 is 2.00 bits per heavy atom. The maximum Gasteiger partial charge on any atom is 0.277 e. The van der Waals surface area contributed by atoms with Gasteiger partial charge >= 0.3 is 0 Å². The van der Waals surface area contributed by atoms with Crippen molar-refractivity contribution in [3.63, 3.8) is 0 Å². The number of thioether (sulfide) groups is 1. The molecule has 1 N–H and O–H groups in total. The molecule has 1 amide bonds. The summed E-state index contributed by atoms with van der Waals surface area (Å²) in [5.41, 5.74) is 1.94. The van der Waals surface area contributed by atoms with E-state index in [0.29, 0.717) is 16.3 Å². The second kappa shape index (κ2) is 10.2. The van der Waals surface area contributed by atoms with Crippen LogP contribution in [0.15, 0.2) is 52.1 Å². The monoisotopic (exact) mass is 488 g/mol. The van der Waals surface area contributed by atoms with Crippen molar-refractivity contribution in [2.24, 2.45) is 0 Å². The van der Waals surface area contributed by atoms with Crippen LogP contribution in [-0.4, -0.2) is 64.9 Å². The van der Waals surface area contributed by atoms with Crippen molar-refractivity contribution in [2.75, 3.05) is 49.2 Å². The fourth-order valence-corrected chi connectivity index (χ4v) is 4.12. The van der Waals surface area contributed by atoms with Crippen LogP contribution >= 0.6 is 23.4 Å². The molecule has 2 heterocycles. The van der Waals surface area contributed by atoms with Crippen LogP contribution in [0.2, 0.25) is 5.02 Å². The fourth-order valence-electron chi connectivity index (χ4n) is 3.38. The quantitative estimate of drug-likeness (QED) is 0.301. The number of likely N-dealkylation sites (N-methyl/N-ethyl adjacent to an activating group) is 1. The van der Waals surface area contributed by atoms with Gasteiger partial charge in [-0.2, -0.15) is 0 Å². The molecule has 10 nitrogen and oxygen atoms in total. The lowest BCUT2D eigenvalue weighted by Crippen LogP contribution is -2.44. The number of rotatable bonds is 7. The second-order valence-electron chi connectivity index (χ2n) is 7.47. The van der Waals surface area contributed by atoms with Crippen molar-refractivity contribution >= 4 is 46.3 Å². The molecule has 0 saturated carbocycles. The van der Waals surface area contributed by atoms with Gasteiger partial charge < -0.3 is 19.5 Å². The van der Waals surface area contributed by atoms with Crippen molar-refractivity contribution in [1.29, 1.82) is 0 Å². The van der Waals surface area contributed by atoms with Crippen LogP contribution in [0.25, 0.3) is 11.5 Å². The largest absolute Gasteiger partial charge is 0.411 e. The van der Waals surface area contributed by atoms with Crippen molar-refractivity contribution in [2.45, 2.75) is 5.22 Å². The van der Waals surface area contributed by atoms with Gasteiger partial charge in [0.05, 0.1) is 22.1 Å². The number of non-ortho nitro benzene ring substituents is 1. The minimum absolute atomic E-state index is 0.0469. The van der Waals surface area contributed by atoms with E-state index in [1.54, 1.807) is 18.2 Å². The molecule has 1 aromatic heterocycles. The molecule has 1 saturated heterocycles.